The highest BCUT2D eigenvalue weighted by atomic mass is 16.6. The summed E-state index contributed by atoms with van der Waals surface area (Å²) in [5.74, 6) is 1.75. The molecule has 3 atom stereocenters. The molecule has 0 unspecified atom stereocenters. The number of hydrogen-bond acceptors (Lipinski definition) is 3. The van der Waals surface area contributed by atoms with Crippen molar-refractivity contribution in [2.75, 3.05) is 20.2 Å². The Morgan fingerprint density at radius 1 is 1.30 bits per heavy atom. The molecule has 0 aromatic heterocycles. The van der Waals surface area contributed by atoms with Crippen LogP contribution in [0.25, 0.3) is 0 Å². The van der Waals surface area contributed by atoms with Crippen LogP contribution in [-0.2, 0) is 16.1 Å². The van der Waals surface area contributed by atoms with Gasteiger partial charge in [-0.15, -0.1) is 0 Å². The molecule has 1 saturated carbocycles. The van der Waals surface area contributed by atoms with E-state index >= 15 is 0 Å². The number of ether oxygens (including phenoxy) is 2. The van der Waals surface area contributed by atoms with Crippen LogP contribution in [0.15, 0.2) is 42.7 Å². The van der Waals surface area contributed by atoms with Crippen LogP contribution in [0, 0.1) is 17.8 Å². The molecule has 4 nitrogen and oxygen atoms in total. The largest absolute Gasteiger partial charge is 0.505 e. The number of fused-ring (bicyclic) bond motifs is 1. The van der Waals surface area contributed by atoms with Gasteiger partial charge < -0.3 is 14.4 Å². The fraction of sp³-hybridized carbons (Fsp3) is 0.438. The Hall–Kier alpha value is -1.97. The van der Waals surface area contributed by atoms with Gasteiger partial charge >= 0.3 is 6.09 Å². The zero-order chi connectivity index (χ0) is 13.9. The van der Waals surface area contributed by atoms with E-state index in [1.807, 2.05) is 35.2 Å². The van der Waals surface area contributed by atoms with Gasteiger partial charge in [0.05, 0.1) is 13.4 Å². The highest BCUT2D eigenvalue weighted by Gasteiger charge is 2.55. The first-order chi connectivity index (χ1) is 9.79. The molecule has 0 bridgehead atoms. The molecule has 1 amide bonds. The molecule has 0 spiro atoms. The molecule has 2 aliphatic rings. The zero-order valence-electron chi connectivity index (χ0n) is 11.6. The van der Waals surface area contributed by atoms with E-state index in [1.165, 1.54) is 0 Å². The third-order valence-corrected chi connectivity index (χ3v) is 4.16. The molecule has 106 valence electrons. The lowest BCUT2D eigenvalue weighted by molar-refractivity contribution is 0.0994. The molecule has 1 aliphatic carbocycles. The lowest BCUT2D eigenvalue weighted by Crippen LogP contribution is -2.31. The first-order valence-electron chi connectivity index (χ1n) is 6.94. The van der Waals surface area contributed by atoms with Gasteiger partial charge in [0.25, 0.3) is 0 Å². The first kappa shape index (κ1) is 13.0. The third kappa shape index (κ3) is 2.64. The number of carbonyl (C=O) groups is 1. The molecule has 3 rings (SSSR count). The quantitative estimate of drug-likeness (QED) is 0.792. The maximum absolute atomic E-state index is 12.0. The number of piperidine rings is 1. The average molecular weight is 273 g/mol. The number of likely N-dealkylation sites (tertiary alicyclic amines) is 1. The smallest absolute Gasteiger partial charge is 0.410 e. The van der Waals surface area contributed by atoms with Crippen LogP contribution in [0.2, 0.25) is 0 Å². The van der Waals surface area contributed by atoms with Crippen molar-refractivity contribution in [3.63, 3.8) is 0 Å². The summed E-state index contributed by atoms with van der Waals surface area (Å²) in [5.41, 5.74) is 1.02. The van der Waals surface area contributed by atoms with Crippen molar-refractivity contribution in [1.29, 1.82) is 0 Å². The van der Waals surface area contributed by atoms with E-state index < -0.39 is 0 Å². The van der Waals surface area contributed by atoms with E-state index in [0.717, 1.165) is 18.7 Å². The normalized spacial score (nSPS) is 27.4. The third-order valence-electron chi connectivity index (χ3n) is 4.16. The minimum atomic E-state index is -0.199. The second-order valence-electron chi connectivity index (χ2n) is 5.41. The highest BCUT2D eigenvalue weighted by Crippen LogP contribution is 2.52. The number of nitrogens with zero attached hydrogens (tertiary/aromatic N) is 1. The maximum atomic E-state index is 12.0. The fourth-order valence-corrected chi connectivity index (χ4v) is 2.99. The minimum absolute atomic E-state index is 0.199. The SMILES string of the molecule is COC=C[C@H]1[C@H]2CN(C(=O)OCc3ccccc3)C[C@@H]12. The topological polar surface area (TPSA) is 38.8 Å². The summed E-state index contributed by atoms with van der Waals surface area (Å²) < 4.78 is 10.3. The molecular formula is C16H19NO3. The number of carbonyl (C=O) groups excluding carboxylic acids is 1. The Kier molecular flexibility index (Phi) is 3.63. The van der Waals surface area contributed by atoms with Crippen molar-refractivity contribution < 1.29 is 14.3 Å². The van der Waals surface area contributed by atoms with Gasteiger partial charge in [-0.25, -0.2) is 4.79 Å². The van der Waals surface area contributed by atoms with Crippen molar-refractivity contribution in [2.24, 2.45) is 17.8 Å². The summed E-state index contributed by atoms with van der Waals surface area (Å²) in [6.07, 6.45) is 3.64. The number of rotatable bonds is 4. The van der Waals surface area contributed by atoms with Gasteiger partial charge in [-0.1, -0.05) is 30.3 Å². The Morgan fingerprint density at radius 2 is 2.00 bits per heavy atom. The Balaban J connectivity index is 1.44. The van der Waals surface area contributed by atoms with Crippen molar-refractivity contribution >= 4 is 6.09 Å². The standard InChI is InChI=1S/C16H19NO3/c1-19-8-7-13-14-9-17(10-15(13)14)16(18)20-11-12-5-3-2-4-6-12/h2-8,13-15H,9-11H2,1H3/t13-,14+,15-. The van der Waals surface area contributed by atoms with E-state index in [1.54, 1.807) is 13.4 Å². The highest BCUT2D eigenvalue weighted by molar-refractivity contribution is 5.68. The van der Waals surface area contributed by atoms with Crippen molar-refractivity contribution in [3.8, 4) is 0 Å². The van der Waals surface area contributed by atoms with Crippen LogP contribution in [0.1, 0.15) is 5.56 Å². The van der Waals surface area contributed by atoms with E-state index in [-0.39, 0.29) is 6.09 Å². The van der Waals surface area contributed by atoms with E-state index in [4.69, 9.17) is 9.47 Å². The van der Waals surface area contributed by atoms with Crippen molar-refractivity contribution in [3.05, 3.63) is 48.2 Å². The molecule has 2 fully saturated rings. The van der Waals surface area contributed by atoms with Crippen molar-refractivity contribution in [1.82, 2.24) is 4.90 Å². The monoisotopic (exact) mass is 273 g/mol. The maximum Gasteiger partial charge on any atom is 0.410 e. The van der Waals surface area contributed by atoms with Gasteiger partial charge in [-0.05, 0) is 29.4 Å². The molecule has 1 saturated heterocycles. The van der Waals surface area contributed by atoms with Gasteiger partial charge in [-0.3, -0.25) is 0 Å². The van der Waals surface area contributed by atoms with Crippen LogP contribution in [0.5, 0.6) is 0 Å². The summed E-state index contributed by atoms with van der Waals surface area (Å²) >= 11 is 0. The molecule has 1 heterocycles. The lowest BCUT2D eigenvalue weighted by atomic mass is 10.2. The molecule has 0 N–H and O–H groups in total. The van der Waals surface area contributed by atoms with Crippen molar-refractivity contribution in [2.45, 2.75) is 6.61 Å². The molecular weight excluding hydrogens is 254 g/mol. The average Bonchev–Trinajstić information content (AvgIpc) is 2.93. The summed E-state index contributed by atoms with van der Waals surface area (Å²) in [5, 5.41) is 0. The molecule has 1 aromatic rings. The summed E-state index contributed by atoms with van der Waals surface area (Å²) in [4.78, 5) is 13.8. The minimum Gasteiger partial charge on any atom is -0.505 e. The van der Waals surface area contributed by atoms with Gasteiger partial charge in [0.2, 0.25) is 0 Å². The first-order valence-corrected chi connectivity index (χ1v) is 6.94. The van der Waals surface area contributed by atoms with Crippen LogP contribution in [0.4, 0.5) is 4.79 Å². The Bertz CT molecular complexity index is 488. The summed E-state index contributed by atoms with van der Waals surface area (Å²) in [7, 11) is 1.65. The predicted molar refractivity (Wildman–Crippen MR) is 74.8 cm³/mol. The molecule has 1 aromatic carbocycles. The van der Waals surface area contributed by atoms with Crippen LogP contribution < -0.4 is 0 Å². The fourth-order valence-electron chi connectivity index (χ4n) is 2.99. The predicted octanol–water partition coefficient (Wildman–Crippen LogP) is 2.66. The summed E-state index contributed by atoms with van der Waals surface area (Å²) in [6, 6.07) is 9.76. The molecule has 0 radical (unpaired) electrons. The van der Waals surface area contributed by atoms with E-state index in [9.17, 15) is 4.79 Å². The number of benzene rings is 1. The van der Waals surface area contributed by atoms with Gasteiger partial charge in [-0.2, -0.15) is 0 Å². The molecule has 1 aliphatic heterocycles. The van der Waals surface area contributed by atoms with Crippen LogP contribution in [-0.4, -0.2) is 31.2 Å². The zero-order valence-corrected chi connectivity index (χ0v) is 11.6. The number of allylic oxidation sites excluding steroid dienone is 1. The van der Waals surface area contributed by atoms with Crippen LogP contribution >= 0.6 is 0 Å². The van der Waals surface area contributed by atoms with Gasteiger partial charge in [0.1, 0.15) is 6.61 Å². The lowest BCUT2D eigenvalue weighted by Gasteiger charge is -2.18. The number of hydrogen-bond donors (Lipinski definition) is 0. The van der Waals surface area contributed by atoms with Gasteiger partial charge in [0, 0.05) is 13.1 Å². The van der Waals surface area contributed by atoms with Crippen LogP contribution in [0.3, 0.4) is 0 Å². The second-order valence-corrected chi connectivity index (χ2v) is 5.41. The second kappa shape index (κ2) is 5.57. The Labute approximate surface area is 119 Å². The number of methoxy groups -OCH3 is 1. The van der Waals surface area contributed by atoms with Gasteiger partial charge in [0.15, 0.2) is 0 Å². The van der Waals surface area contributed by atoms with E-state index in [2.05, 4.69) is 6.08 Å². The molecule has 20 heavy (non-hydrogen) atoms. The van der Waals surface area contributed by atoms with E-state index in [0.29, 0.717) is 24.4 Å². The Morgan fingerprint density at radius 3 is 2.65 bits per heavy atom. The molecule has 4 heteroatoms. The summed E-state index contributed by atoms with van der Waals surface area (Å²) in [6.45, 7) is 1.95. The number of amides is 1.